The maximum atomic E-state index is 12.2. The number of rotatable bonds is 6. The Bertz CT molecular complexity index is 730. The zero-order chi connectivity index (χ0) is 18.5. The van der Waals surface area contributed by atoms with Crippen LogP contribution < -0.4 is 15.4 Å². The first-order chi connectivity index (χ1) is 12.5. The van der Waals surface area contributed by atoms with Crippen LogP contribution in [-0.4, -0.2) is 48.6 Å². The smallest absolute Gasteiger partial charge is 0.387 e. The number of alkyl halides is 2. The van der Waals surface area contributed by atoms with Crippen molar-refractivity contribution in [1.82, 2.24) is 9.88 Å². The van der Waals surface area contributed by atoms with Gasteiger partial charge in [0.25, 0.3) is 0 Å². The van der Waals surface area contributed by atoms with Crippen molar-refractivity contribution < 1.29 is 18.3 Å². The van der Waals surface area contributed by atoms with Crippen LogP contribution >= 0.6 is 0 Å². The standard InChI is InChI=1S/C18H20F2N4O2/c19-18(20)26-15-4-1-13(2-5-15)12-23-7-9-24(10-8-23)16-6-3-14(11-22-16)17(21)25/h1-6,11,18H,7-10,12H2,(H2,21,25). The number of pyridine rings is 1. The highest BCUT2D eigenvalue weighted by atomic mass is 19.3. The van der Waals surface area contributed by atoms with Crippen molar-refractivity contribution in [2.45, 2.75) is 13.2 Å². The number of nitrogens with zero attached hydrogens (tertiary/aromatic N) is 3. The Hall–Kier alpha value is -2.74. The molecule has 8 heteroatoms. The molecule has 2 aromatic rings. The SMILES string of the molecule is NC(=O)c1ccc(N2CCN(Cc3ccc(OC(F)F)cc3)CC2)nc1. The third-order valence-corrected chi connectivity index (χ3v) is 4.28. The summed E-state index contributed by atoms with van der Waals surface area (Å²) in [5.41, 5.74) is 6.66. The van der Waals surface area contributed by atoms with Crippen LogP contribution in [0.15, 0.2) is 42.6 Å². The number of nitrogens with two attached hydrogens (primary N) is 1. The van der Waals surface area contributed by atoms with Crippen molar-refractivity contribution in [1.29, 1.82) is 0 Å². The predicted molar refractivity (Wildman–Crippen MR) is 93.3 cm³/mol. The van der Waals surface area contributed by atoms with Crippen LogP contribution in [0.5, 0.6) is 5.75 Å². The summed E-state index contributed by atoms with van der Waals surface area (Å²) in [6, 6.07) is 10.2. The first-order valence-electron chi connectivity index (χ1n) is 8.28. The third kappa shape index (κ3) is 4.66. The summed E-state index contributed by atoms with van der Waals surface area (Å²) in [6.45, 7) is 1.28. The number of anilines is 1. The average Bonchev–Trinajstić information content (AvgIpc) is 2.64. The van der Waals surface area contributed by atoms with Gasteiger partial charge in [-0.25, -0.2) is 4.98 Å². The van der Waals surface area contributed by atoms with Gasteiger partial charge in [0.2, 0.25) is 5.91 Å². The zero-order valence-electron chi connectivity index (χ0n) is 14.1. The second kappa shape index (κ2) is 8.09. The Kier molecular flexibility index (Phi) is 5.62. The van der Waals surface area contributed by atoms with Crippen LogP contribution in [0.4, 0.5) is 14.6 Å². The predicted octanol–water partition coefficient (Wildman–Crippen LogP) is 2.10. The Balaban J connectivity index is 1.51. The van der Waals surface area contributed by atoms with Gasteiger partial charge in [-0.1, -0.05) is 12.1 Å². The molecule has 1 saturated heterocycles. The van der Waals surface area contributed by atoms with Gasteiger partial charge < -0.3 is 15.4 Å². The van der Waals surface area contributed by atoms with E-state index in [4.69, 9.17) is 5.73 Å². The first-order valence-corrected chi connectivity index (χ1v) is 8.28. The van der Waals surface area contributed by atoms with E-state index >= 15 is 0 Å². The molecule has 138 valence electrons. The molecule has 3 rings (SSSR count). The summed E-state index contributed by atoms with van der Waals surface area (Å²) in [4.78, 5) is 19.8. The van der Waals surface area contributed by atoms with E-state index in [2.05, 4.69) is 19.5 Å². The second-order valence-electron chi connectivity index (χ2n) is 6.05. The third-order valence-electron chi connectivity index (χ3n) is 4.28. The van der Waals surface area contributed by atoms with Gasteiger partial charge in [-0.3, -0.25) is 9.69 Å². The largest absolute Gasteiger partial charge is 0.435 e. The van der Waals surface area contributed by atoms with E-state index in [0.29, 0.717) is 5.56 Å². The van der Waals surface area contributed by atoms with E-state index in [1.807, 2.05) is 0 Å². The Labute approximate surface area is 150 Å². The van der Waals surface area contributed by atoms with E-state index in [9.17, 15) is 13.6 Å². The number of hydrogen-bond donors (Lipinski definition) is 1. The summed E-state index contributed by atoms with van der Waals surface area (Å²) in [5.74, 6) is 0.501. The molecular weight excluding hydrogens is 342 g/mol. The average molecular weight is 362 g/mol. The molecule has 0 unspecified atom stereocenters. The lowest BCUT2D eigenvalue weighted by molar-refractivity contribution is -0.0498. The Morgan fingerprint density at radius 3 is 2.35 bits per heavy atom. The summed E-state index contributed by atoms with van der Waals surface area (Å²) >= 11 is 0. The van der Waals surface area contributed by atoms with E-state index in [-0.39, 0.29) is 5.75 Å². The van der Waals surface area contributed by atoms with Crippen LogP contribution in [0.25, 0.3) is 0 Å². The van der Waals surface area contributed by atoms with Crippen LogP contribution in [-0.2, 0) is 6.54 Å². The minimum absolute atomic E-state index is 0.166. The van der Waals surface area contributed by atoms with Crippen LogP contribution in [0, 0.1) is 0 Å². The highest BCUT2D eigenvalue weighted by Crippen LogP contribution is 2.18. The number of piperazine rings is 1. The molecular formula is C18H20F2N4O2. The quantitative estimate of drug-likeness (QED) is 0.852. The molecule has 2 N–H and O–H groups in total. The summed E-state index contributed by atoms with van der Waals surface area (Å²) in [6.07, 6.45) is 1.49. The van der Waals surface area contributed by atoms with E-state index < -0.39 is 12.5 Å². The van der Waals surface area contributed by atoms with Gasteiger partial charge in [0, 0.05) is 38.9 Å². The monoisotopic (exact) mass is 362 g/mol. The molecule has 0 spiro atoms. The van der Waals surface area contributed by atoms with Gasteiger partial charge in [-0.15, -0.1) is 0 Å². The van der Waals surface area contributed by atoms with Crippen LogP contribution in [0.1, 0.15) is 15.9 Å². The van der Waals surface area contributed by atoms with Crippen molar-refractivity contribution in [3.63, 3.8) is 0 Å². The first kappa shape index (κ1) is 18.1. The molecule has 1 fully saturated rings. The lowest BCUT2D eigenvalue weighted by Crippen LogP contribution is -2.46. The number of amides is 1. The summed E-state index contributed by atoms with van der Waals surface area (Å²) in [7, 11) is 0. The molecule has 0 aliphatic carbocycles. The maximum absolute atomic E-state index is 12.2. The summed E-state index contributed by atoms with van der Waals surface area (Å²) < 4.78 is 28.7. The molecule has 2 heterocycles. The molecule has 26 heavy (non-hydrogen) atoms. The molecule has 1 aliphatic heterocycles. The van der Waals surface area contributed by atoms with Crippen molar-refractivity contribution in [2.75, 3.05) is 31.1 Å². The van der Waals surface area contributed by atoms with Crippen molar-refractivity contribution >= 4 is 11.7 Å². The minimum atomic E-state index is -2.81. The zero-order valence-corrected chi connectivity index (χ0v) is 14.1. The topological polar surface area (TPSA) is 71.7 Å². The fraction of sp³-hybridized carbons (Fsp3) is 0.333. The highest BCUT2D eigenvalue weighted by molar-refractivity contribution is 5.92. The number of carbonyl (C=O) groups is 1. The highest BCUT2D eigenvalue weighted by Gasteiger charge is 2.18. The molecule has 0 radical (unpaired) electrons. The van der Waals surface area contributed by atoms with Crippen molar-refractivity contribution in [3.8, 4) is 5.75 Å². The minimum Gasteiger partial charge on any atom is -0.435 e. The van der Waals surface area contributed by atoms with E-state index in [0.717, 1.165) is 44.1 Å². The van der Waals surface area contributed by atoms with Gasteiger partial charge in [-0.05, 0) is 29.8 Å². The molecule has 1 amide bonds. The van der Waals surface area contributed by atoms with Gasteiger partial charge in [0.1, 0.15) is 11.6 Å². The number of halogens is 2. The van der Waals surface area contributed by atoms with Crippen LogP contribution in [0.2, 0.25) is 0 Å². The number of carbonyl (C=O) groups excluding carboxylic acids is 1. The molecule has 1 aromatic heterocycles. The Morgan fingerprint density at radius 2 is 1.81 bits per heavy atom. The Morgan fingerprint density at radius 1 is 1.12 bits per heavy atom. The second-order valence-corrected chi connectivity index (χ2v) is 6.05. The number of ether oxygens (including phenoxy) is 1. The van der Waals surface area contributed by atoms with Gasteiger partial charge in [-0.2, -0.15) is 8.78 Å². The molecule has 1 aromatic carbocycles. The lowest BCUT2D eigenvalue weighted by Gasteiger charge is -2.35. The molecule has 1 aliphatic rings. The summed E-state index contributed by atoms with van der Waals surface area (Å²) in [5, 5.41) is 0. The van der Waals surface area contributed by atoms with Crippen LogP contribution in [0.3, 0.4) is 0 Å². The number of hydrogen-bond acceptors (Lipinski definition) is 5. The molecule has 6 nitrogen and oxygen atoms in total. The molecule has 0 atom stereocenters. The van der Waals surface area contributed by atoms with Gasteiger partial charge >= 0.3 is 6.61 Å². The van der Waals surface area contributed by atoms with Crippen molar-refractivity contribution in [3.05, 3.63) is 53.7 Å². The van der Waals surface area contributed by atoms with Gasteiger partial charge in [0.15, 0.2) is 0 Å². The molecule has 0 bridgehead atoms. The molecule has 0 saturated carbocycles. The lowest BCUT2D eigenvalue weighted by atomic mass is 10.2. The fourth-order valence-electron chi connectivity index (χ4n) is 2.89. The van der Waals surface area contributed by atoms with E-state index in [1.54, 1.807) is 36.4 Å². The maximum Gasteiger partial charge on any atom is 0.387 e. The number of benzene rings is 1. The fourth-order valence-corrected chi connectivity index (χ4v) is 2.89. The normalized spacial score (nSPS) is 15.3. The number of aromatic nitrogens is 1. The van der Waals surface area contributed by atoms with Crippen molar-refractivity contribution in [2.24, 2.45) is 5.73 Å². The van der Waals surface area contributed by atoms with E-state index in [1.165, 1.54) is 6.20 Å². The number of primary amides is 1. The van der Waals surface area contributed by atoms with Gasteiger partial charge in [0.05, 0.1) is 5.56 Å².